The van der Waals surface area contributed by atoms with Crippen molar-refractivity contribution in [2.75, 3.05) is 4.90 Å². The number of hydrogen-bond acceptors (Lipinski definition) is 2. The lowest BCUT2D eigenvalue weighted by Gasteiger charge is -2.40. The highest BCUT2D eigenvalue weighted by molar-refractivity contribution is 6.08. The van der Waals surface area contributed by atoms with Gasteiger partial charge in [-0.3, -0.25) is 14.5 Å². The first-order valence-corrected chi connectivity index (χ1v) is 11.7. The molecule has 1 amide bonds. The smallest absolute Gasteiger partial charge is 0.232 e. The molecule has 2 atom stereocenters. The van der Waals surface area contributed by atoms with Crippen LogP contribution in [0.2, 0.25) is 0 Å². The van der Waals surface area contributed by atoms with Crippen molar-refractivity contribution in [3.8, 4) is 0 Å². The largest absolute Gasteiger partial charge is 0.294 e. The Morgan fingerprint density at radius 3 is 2.03 bits per heavy atom. The van der Waals surface area contributed by atoms with Crippen molar-refractivity contribution >= 4 is 17.4 Å². The molecule has 1 aliphatic heterocycles. The van der Waals surface area contributed by atoms with Crippen LogP contribution in [0.3, 0.4) is 0 Å². The highest BCUT2D eigenvalue weighted by Gasteiger charge is 2.42. The number of allylic oxidation sites excluding steroid dienone is 2. The lowest BCUT2D eigenvalue weighted by molar-refractivity contribution is -0.120. The normalized spacial score (nSPS) is 20.8. The van der Waals surface area contributed by atoms with E-state index in [0.717, 1.165) is 39.2 Å². The van der Waals surface area contributed by atoms with Crippen molar-refractivity contribution in [3.63, 3.8) is 0 Å². The van der Waals surface area contributed by atoms with E-state index < -0.39 is 0 Å². The highest BCUT2D eigenvalue weighted by Crippen LogP contribution is 2.47. The van der Waals surface area contributed by atoms with E-state index in [1.165, 1.54) is 5.56 Å². The third-order valence-corrected chi connectivity index (χ3v) is 6.94. The number of Topliss-reactive ketones (excluding diaryl/α,β-unsaturated/α-hetero) is 1. The van der Waals surface area contributed by atoms with E-state index in [2.05, 4.69) is 61.5 Å². The molecule has 2 unspecified atom stereocenters. The molecule has 3 nitrogen and oxygen atoms in total. The maximum absolute atomic E-state index is 13.7. The molecular weight excluding hydrogens is 406 g/mol. The summed E-state index contributed by atoms with van der Waals surface area (Å²) in [6, 6.07) is 24.7. The first-order chi connectivity index (χ1) is 15.9. The number of aryl methyl sites for hydroxylation is 3. The van der Waals surface area contributed by atoms with E-state index in [0.29, 0.717) is 19.3 Å². The predicted octanol–water partition coefficient (Wildman–Crippen LogP) is 6.53. The van der Waals surface area contributed by atoms with Crippen molar-refractivity contribution in [3.05, 3.63) is 112 Å². The zero-order chi connectivity index (χ0) is 23.1. The summed E-state index contributed by atoms with van der Waals surface area (Å²) in [6.45, 7) is 6.15. The van der Waals surface area contributed by atoms with Crippen LogP contribution in [0.5, 0.6) is 0 Å². The van der Waals surface area contributed by atoms with E-state index in [1.54, 1.807) is 0 Å². The molecule has 3 heteroatoms. The van der Waals surface area contributed by atoms with Gasteiger partial charge in [-0.05, 0) is 67.5 Å². The monoisotopic (exact) mass is 435 g/mol. The van der Waals surface area contributed by atoms with Gasteiger partial charge in [-0.15, -0.1) is 0 Å². The Morgan fingerprint density at radius 1 is 0.697 bits per heavy atom. The van der Waals surface area contributed by atoms with E-state index in [9.17, 15) is 9.59 Å². The fraction of sp³-hybridized carbons (Fsp3) is 0.267. The van der Waals surface area contributed by atoms with Crippen LogP contribution >= 0.6 is 0 Å². The molecule has 0 bridgehead atoms. The van der Waals surface area contributed by atoms with Crippen LogP contribution in [0.1, 0.15) is 58.9 Å². The van der Waals surface area contributed by atoms with E-state index in [1.807, 2.05) is 36.9 Å². The minimum absolute atomic E-state index is 0.0610. The molecule has 0 fully saturated rings. The second-order valence-electron chi connectivity index (χ2n) is 9.54. The van der Waals surface area contributed by atoms with Crippen molar-refractivity contribution in [1.29, 1.82) is 0 Å². The van der Waals surface area contributed by atoms with E-state index >= 15 is 0 Å². The van der Waals surface area contributed by atoms with Crippen molar-refractivity contribution in [1.82, 2.24) is 0 Å². The Balaban J connectivity index is 1.67. The number of carbonyl (C=O) groups excluding carboxylic acids is 2. The molecule has 1 aliphatic carbocycles. The molecule has 2 aliphatic rings. The third-order valence-electron chi connectivity index (χ3n) is 6.94. The molecule has 0 saturated carbocycles. The minimum Gasteiger partial charge on any atom is -0.294 e. The van der Waals surface area contributed by atoms with Crippen molar-refractivity contribution in [2.24, 2.45) is 0 Å². The summed E-state index contributed by atoms with van der Waals surface area (Å²) in [5.74, 6) is 0.123. The summed E-state index contributed by atoms with van der Waals surface area (Å²) >= 11 is 0. The molecule has 5 rings (SSSR count). The molecule has 3 aromatic carbocycles. The topological polar surface area (TPSA) is 37.4 Å². The molecule has 1 heterocycles. The van der Waals surface area contributed by atoms with Gasteiger partial charge >= 0.3 is 0 Å². The number of nitrogens with zero attached hydrogens (tertiary/aromatic N) is 1. The summed E-state index contributed by atoms with van der Waals surface area (Å²) in [6.07, 6.45) is 1.49. The number of carbonyl (C=O) groups is 2. The number of anilines is 1. The maximum atomic E-state index is 13.7. The van der Waals surface area contributed by atoms with Gasteiger partial charge in [0.25, 0.3) is 0 Å². The van der Waals surface area contributed by atoms with Crippen LogP contribution in [-0.2, 0) is 9.59 Å². The van der Waals surface area contributed by atoms with Crippen molar-refractivity contribution in [2.45, 2.75) is 51.9 Å². The fourth-order valence-corrected chi connectivity index (χ4v) is 5.46. The van der Waals surface area contributed by atoms with Crippen molar-refractivity contribution < 1.29 is 9.59 Å². The van der Waals surface area contributed by atoms with Gasteiger partial charge in [0.05, 0.1) is 0 Å². The average Bonchev–Trinajstić information content (AvgIpc) is 2.78. The van der Waals surface area contributed by atoms with Gasteiger partial charge in [-0.25, -0.2) is 0 Å². The molecule has 0 N–H and O–H groups in total. The maximum Gasteiger partial charge on any atom is 0.232 e. The lowest BCUT2D eigenvalue weighted by atomic mass is 9.72. The Morgan fingerprint density at radius 2 is 1.36 bits per heavy atom. The SMILES string of the molecule is Cc1ccc(C2CC(=O)N(c3cc(C)cc(C)c3)C3=C2C(=O)CC(c2ccccc2)C3)cc1. The first kappa shape index (κ1) is 21.4. The Hall–Kier alpha value is -3.46. The molecular formula is C30H29NO2. The summed E-state index contributed by atoms with van der Waals surface area (Å²) in [7, 11) is 0. The molecule has 0 aromatic heterocycles. The minimum atomic E-state index is -0.181. The molecule has 33 heavy (non-hydrogen) atoms. The van der Waals surface area contributed by atoms with Gasteiger partial charge in [0, 0.05) is 35.7 Å². The van der Waals surface area contributed by atoms with E-state index in [-0.39, 0.29) is 23.5 Å². The third kappa shape index (κ3) is 4.04. The zero-order valence-electron chi connectivity index (χ0n) is 19.5. The van der Waals surface area contributed by atoms with Gasteiger partial charge in [0.1, 0.15) is 0 Å². The summed E-state index contributed by atoms with van der Waals surface area (Å²) in [5, 5.41) is 0. The predicted molar refractivity (Wildman–Crippen MR) is 132 cm³/mol. The quantitative estimate of drug-likeness (QED) is 0.469. The standard InChI is InChI=1S/C30H29NO2/c1-19-9-11-23(12-10-19)26-18-29(33)31(25-14-20(2)13-21(3)15-25)27-16-24(17-28(32)30(26)27)22-7-5-4-6-8-22/h4-15,24,26H,16-18H2,1-3H3. The number of benzene rings is 3. The summed E-state index contributed by atoms with van der Waals surface area (Å²) < 4.78 is 0. The number of ketones is 1. The van der Waals surface area contributed by atoms with Crippen LogP contribution in [0, 0.1) is 20.8 Å². The molecule has 0 radical (unpaired) electrons. The fourth-order valence-electron chi connectivity index (χ4n) is 5.46. The van der Waals surface area contributed by atoms with Crippen LogP contribution in [0.25, 0.3) is 0 Å². The summed E-state index contributed by atoms with van der Waals surface area (Å²) in [5.41, 5.74) is 8.18. The second-order valence-corrected chi connectivity index (χ2v) is 9.54. The number of amides is 1. The highest BCUT2D eigenvalue weighted by atomic mass is 16.2. The van der Waals surface area contributed by atoms with Crippen LogP contribution in [0.4, 0.5) is 5.69 Å². The molecule has 0 spiro atoms. The Labute approximate surface area is 195 Å². The van der Waals surface area contributed by atoms with Crippen LogP contribution in [0.15, 0.2) is 84.1 Å². The van der Waals surface area contributed by atoms with Gasteiger partial charge in [-0.2, -0.15) is 0 Å². The average molecular weight is 436 g/mol. The van der Waals surface area contributed by atoms with Crippen LogP contribution < -0.4 is 4.90 Å². The van der Waals surface area contributed by atoms with Gasteiger partial charge in [-0.1, -0.05) is 66.2 Å². The van der Waals surface area contributed by atoms with Gasteiger partial charge in [0.15, 0.2) is 5.78 Å². The molecule has 3 aromatic rings. The first-order valence-electron chi connectivity index (χ1n) is 11.7. The Bertz CT molecular complexity index is 1230. The van der Waals surface area contributed by atoms with Crippen LogP contribution in [-0.4, -0.2) is 11.7 Å². The molecule has 0 saturated heterocycles. The number of hydrogen-bond donors (Lipinski definition) is 0. The molecule has 166 valence electrons. The lowest BCUT2D eigenvalue weighted by Crippen LogP contribution is -2.41. The van der Waals surface area contributed by atoms with Gasteiger partial charge < -0.3 is 0 Å². The second kappa shape index (κ2) is 8.47. The van der Waals surface area contributed by atoms with Gasteiger partial charge in [0.2, 0.25) is 5.91 Å². The summed E-state index contributed by atoms with van der Waals surface area (Å²) in [4.78, 5) is 29.2. The van der Waals surface area contributed by atoms with E-state index in [4.69, 9.17) is 0 Å². The Kier molecular flexibility index (Phi) is 5.49. The number of rotatable bonds is 3. The zero-order valence-corrected chi connectivity index (χ0v) is 19.5.